The van der Waals surface area contributed by atoms with Gasteiger partial charge in [-0.2, -0.15) is 18.7 Å². The standard InChI is InChI=1S/C15H12ClF2N5O3/c1-8(25-15-19-5-10(24)6-20-15)12-7-23(22-21-12)9-2-3-11(16)13(4-9)26-14(17)18/h2-8,14,24H,1H3/t8-/m0/s1. The third-order valence-corrected chi connectivity index (χ3v) is 3.53. The van der Waals surface area contributed by atoms with Crippen molar-refractivity contribution >= 4 is 11.6 Å². The third-order valence-electron chi connectivity index (χ3n) is 3.22. The number of alkyl halides is 2. The summed E-state index contributed by atoms with van der Waals surface area (Å²) >= 11 is 5.83. The molecule has 26 heavy (non-hydrogen) atoms. The smallest absolute Gasteiger partial charge is 0.387 e. The predicted molar refractivity (Wildman–Crippen MR) is 85.7 cm³/mol. The van der Waals surface area contributed by atoms with Crippen LogP contribution in [0.15, 0.2) is 36.8 Å². The van der Waals surface area contributed by atoms with Crippen LogP contribution in [0.4, 0.5) is 8.78 Å². The fraction of sp³-hybridized carbons (Fsp3) is 0.200. The molecule has 11 heteroatoms. The zero-order valence-corrected chi connectivity index (χ0v) is 14.0. The van der Waals surface area contributed by atoms with Gasteiger partial charge in [0.25, 0.3) is 0 Å². The van der Waals surface area contributed by atoms with Crippen LogP contribution >= 0.6 is 11.6 Å². The van der Waals surface area contributed by atoms with Crippen LogP contribution in [0.2, 0.25) is 5.02 Å². The van der Waals surface area contributed by atoms with Crippen molar-refractivity contribution in [1.82, 2.24) is 25.0 Å². The lowest BCUT2D eigenvalue weighted by Crippen LogP contribution is -2.06. The van der Waals surface area contributed by atoms with E-state index in [-0.39, 0.29) is 22.5 Å². The highest BCUT2D eigenvalue weighted by Gasteiger charge is 2.15. The Morgan fingerprint density at radius 2 is 1.92 bits per heavy atom. The maximum Gasteiger partial charge on any atom is 0.387 e. The van der Waals surface area contributed by atoms with Crippen molar-refractivity contribution in [3.8, 4) is 23.2 Å². The molecule has 2 aromatic heterocycles. The highest BCUT2D eigenvalue weighted by atomic mass is 35.5. The highest BCUT2D eigenvalue weighted by molar-refractivity contribution is 6.32. The lowest BCUT2D eigenvalue weighted by atomic mass is 10.3. The number of nitrogens with zero attached hydrogens (tertiary/aromatic N) is 5. The average Bonchev–Trinajstić information content (AvgIpc) is 3.09. The van der Waals surface area contributed by atoms with E-state index in [1.807, 2.05) is 0 Å². The van der Waals surface area contributed by atoms with E-state index in [2.05, 4.69) is 25.0 Å². The molecule has 0 amide bonds. The lowest BCUT2D eigenvalue weighted by Gasteiger charge is -2.10. The molecule has 2 heterocycles. The van der Waals surface area contributed by atoms with Gasteiger partial charge in [-0.1, -0.05) is 16.8 Å². The first-order valence-electron chi connectivity index (χ1n) is 7.27. The Hall–Kier alpha value is -3.01. The molecular formula is C15H12ClF2N5O3. The summed E-state index contributed by atoms with van der Waals surface area (Å²) in [5.74, 6) is -0.251. The number of aromatic hydroxyl groups is 1. The van der Waals surface area contributed by atoms with Gasteiger partial charge in [-0.15, -0.1) is 5.10 Å². The van der Waals surface area contributed by atoms with Crippen molar-refractivity contribution < 1.29 is 23.4 Å². The van der Waals surface area contributed by atoms with Gasteiger partial charge in [0.05, 0.1) is 29.3 Å². The molecule has 0 aliphatic carbocycles. The predicted octanol–water partition coefficient (Wildman–Crippen LogP) is 3.16. The van der Waals surface area contributed by atoms with Crippen LogP contribution in [0.1, 0.15) is 18.7 Å². The van der Waals surface area contributed by atoms with E-state index in [4.69, 9.17) is 21.4 Å². The van der Waals surface area contributed by atoms with E-state index >= 15 is 0 Å². The molecule has 0 aliphatic rings. The van der Waals surface area contributed by atoms with E-state index in [0.29, 0.717) is 11.4 Å². The van der Waals surface area contributed by atoms with E-state index in [1.54, 1.807) is 19.2 Å². The molecule has 0 unspecified atom stereocenters. The van der Waals surface area contributed by atoms with Gasteiger partial charge in [-0.3, -0.25) is 0 Å². The molecule has 3 rings (SSSR count). The Bertz CT molecular complexity index is 891. The summed E-state index contributed by atoms with van der Waals surface area (Å²) in [6.45, 7) is -1.29. The molecule has 3 aromatic rings. The van der Waals surface area contributed by atoms with Gasteiger partial charge in [-0.25, -0.2) is 4.68 Å². The van der Waals surface area contributed by atoms with Crippen LogP contribution in [-0.2, 0) is 0 Å². The molecule has 0 fully saturated rings. The van der Waals surface area contributed by atoms with E-state index in [0.717, 1.165) is 0 Å². The molecular weight excluding hydrogens is 372 g/mol. The minimum absolute atomic E-state index is 0.0515. The van der Waals surface area contributed by atoms with Crippen LogP contribution in [0.3, 0.4) is 0 Å². The fourth-order valence-electron chi connectivity index (χ4n) is 2.00. The van der Waals surface area contributed by atoms with Gasteiger partial charge in [0.1, 0.15) is 17.5 Å². The molecule has 0 spiro atoms. The molecule has 0 saturated carbocycles. The van der Waals surface area contributed by atoms with Crippen LogP contribution in [0.5, 0.6) is 17.5 Å². The third kappa shape index (κ3) is 4.14. The quantitative estimate of drug-likeness (QED) is 0.698. The van der Waals surface area contributed by atoms with Crippen LogP contribution in [-0.4, -0.2) is 36.7 Å². The minimum Gasteiger partial charge on any atom is -0.505 e. The Balaban J connectivity index is 1.77. The summed E-state index contributed by atoms with van der Waals surface area (Å²) in [5.41, 5.74) is 0.879. The van der Waals surface area contributed by atoms with E-state index in [1.165, 1.54) is 29.2 Å². The second-order valence-corrected chi connectivity index (χ2v) is 5.47. The molecule has 1 N–H and O–H groups in total. The summed E-state index contributed by atoms with van der Waals surface area (Å²) in [4.78, 5) is 7.63. The van der Waals surface area contributed by atoms with E-state index < -0.39 is 12.7 Å². The normalized spacial score (nSPS) is 12.2. The summed E-state index contributed by atoms with van der Waals surface area (Å²) in [5, 5.41) is 17.1. The molecule has 1 atom stereocenters. The molecule has 1 aromatic carbocycles. The second kappa shape index (κ2) is 7.48. The van der Waals surface area contributed by atoms with Crippen molar-refractivity contribution in [2.24, 2.45) is 0 Å². The first-order valence-corrected chi connectivity index (χ1v) is 7.65. The number of rotatable bonds is 6. The Morgan fingerprint density at radius 3 is 2.62 bits per heavy atom. The summed E-state index contributed by atoms with van der Waals surface area (Å²) in [7, 11) is 0. The second-order valence-electron chi connectivity index (χ2n) is 5.07. The van der Waals surface area contributed by atoms with Gasteiger partial charge < -0.3 is 14.6 Å². The number of benzene rings is 1. The lowest BCUT2D eigenvalue weighted by molar-refractivity contribution is -0.0497. The Kier molecular flexibility index (Phi) is 5.12. The first-order chi connectivity index (χ1) is 12.4. The average molecular weight is 384 g/mol. The summed E-state index contributed by atoms with van der Waals surface area (Å²) in [6, 6.07) is 4.37. The van der Waals surface area contributed by atoms with Crippen molar-refractivity contribution in [2.75, 3.05) is 0 Å². The SMILES string of the molecule is C[C@H](Oc1ncc(O)cn1)c1cn(-c2ccc(Cl)c(OC(F)F)c2)nn1. The Labute approximate surface area is 151 Å². The molecule has 0 aliphatic heterocycles. The summed E-state index contributed by atoms with van der Waals surface area (Å²) < 4.78 is 36.1. The molecule has 136 valence electrons. The van der Waals surface area contributed by atoms with Gasteiger partial charge in [0.2, 0.25) is 0 Å². The van der Waals surface area contributed by atoms with Gasteiger partial charge >= 0.3 is 12.6 Å². The van der Waals surface area contributed by atoms with Crippen molar-refractivity contribution in [3.63, 3.8) is 0 Å². The number of halogens is 3. The first kappa shape index (κ1) is 17.8. The van der Waals surface area contributed by atoms with Crippen LogP contribution < -0.4 is 9.47 Å². The highest BCUT2D eigenvalue weighted by Crippen LogP contribution is 2.28. The number of hydrogen-bond acceptors (Lipinski definition) is 7. The van der Waals surface area contributed by atoms with Crippen molar-refractivity contribution in [2.45, 2.75) is 19.6 Å². The fourth-order valence-corrected chi connectivity index (χ4v) is 2.16. The van der Waals surface area contributed by atoms with Crippen molar-refractivity contribution in [1.29, 1.82) is 0 Å². The maximum atomic E-state index is 12.4. The maximum absolute atomic E-state index is 12.4. The van der Waals surface area contributed by atoms with Gasteiger partial charge in [-0.05, 0) is 19.1 Å². The minimum atomic E-state index is -2.99. The summed E-state index contributed by atoms with van der Waals surface area (Å²) in [6.07, 6.45) is 3.41. The molecule has 8 nitrogen and oxygen atoms in total. The van der Waals surface area contributed by atoms with Gasteiger partial charge in [0, 0.05) is 6.07 Å². The molecule has 0 bridgehead atoms. The van der Waals surface area contributed by atoms with E-state index in [9.17, 15) is 8.78 Å². The number of hydrogen-bond donors (Lipinski definition) is 1. The van der Waals surface area contributed by atoms with Crippen LogP contribution in [0.25, 0.3) is 5.69 Å². The molecule has 0 saturated heterocycles. The Morgan fingerprint density at radius 1 is 1.19 bits per heavy atom. The monoisotopic (exact) mass is 383 g/mol. The topological polar surface area (TPSA) is 95.2 Å². The largest absolute Gasteiger partial charge is 0.505 e. The zero-order chi connectivity index (χ0) is 18.7. The molecule has 0 radical (unpaired) electrons. The van der Waals surface area contributed by atoms with Crippen molar-refractivity contribution in [3.05, 3.63) is 47.5 Å². The number of ether oxygens (including phenoxy) is 2. The zero-order valence-electron chi connectivity index (χ0n) is 13.3. The van der Waals surface area contributed by atoms with Crippen LogP contribution in [0, 0.1) is 0 Å². The van der Waals surface area contributed by atoms with Gasteiger partial charge in [0.15, 0.2) is 5.75 Å². The number of aromatic nitrogens is 5.